The molecular weight excluding hydrogens is 1530 g/mol. The van der Waals surface area contributed by atoms with Gasteiger partial charge in [-0.25, -0.2) is 28.1 Å². The zero-order chi connectivity index (χ0) is 75.8. The smallest absolute Gasteiger partial charge is 0.478 e. The molecule has 6 atom stereocenters. The average molecular weight is 1610 g/mol. The Labute approximate surface area is 600 Å². The van der Waals surface area contributed by atoms with E-state index in [1.807, 2.05) is 6.92 Å². The number of benzene rings is 3. The van der Waals surface area contributed by atoms with Crippen LogP contribution in [-0.4, -0.2) is 184 Å². The molecule has 102 heavy (non-hydrogen) atoms. The Balaban J connectivity index is 0.00000261. The molecule has 3 aromatic rings. The van der Waals surface area contributed by atoms with E-state index < -0.39 is 103 Å². The van der Waals surface area contributed by atoms with Gasteiger partial charge in [0.1, 0.15) is 35.4 Å². The number of phosphoric ester groups is 1. The van der Waals surface area contributed by atoms with Gasteiger partial charge in [0.15, 0.2) is 5.36 Å². The van der Waals surface area contributed by atoms with Crippen molar-refractivity contribution in [3.63, 3.8) is 0 Å². The molecule has 14 N–H and O–H groups in total. The number of carbonyl (C=O) groups is 4. The van der Waals surface area contributed by atoms with Gasteiger partial charge in [-0.3, -0.25) is 24.1 Å². The number of nitrogens with one attached hydrogen (secondary N) is 3. The van der Waals surface area contributed by atoms with Crippen molar-refractivity contribution in [2.45, 2.75) is 88.9 Å². The summed E-state index contributed by atoms with van der Waals surface area (Å²) in [6.45, 7) is 7.42. The first-order valence-corrected chi connectivity index (χ1v) is 41.3. The Morgan fingerprint density at radius 1 is 0.833 bits per heavy atom. The number of hydrogen-bond donors (Lipinski definition) is 11. The van der Waals surface area contributed by atoms with Crippen LogP contribution in [0.25, 0.3) is 33.4 Å². The van der Waals surface area contributed by atoms with Gasteiger partial charge < -0.3 is 84.9 Å². The van der Waals surface area contributed by atoms with E-state index in [2.05, 4.69) is 55.2 Å². The van der Waals surface area contributed by atoms with E-state index in [9.17, 15) is 52.6 Å². The van der Waals surface area contributed by atoms with Crippen LogP contribution in [0, 0.1) is 11.8 Å². The zero-order valence-corrected chi connectivity index (χ0v) is 62.2. The molecule has 2 aliphatic heterocycles. The van der Waals surface area contributed by atoms with Gasteiger partial charge in [-0.1, -0.05) is 49.8 Å². The van der Waals surface area contributed by atoms with E-state index in [4.69, 9.17) is 100 Å². The van der Waals surface area contributed by atoms with Crippen molar-refractivity contribution < 1.29 is 134 Å². The Bertz CT molecular complexity index is 4240. The number of urea groups is 1. The number of esters is 1. The van der Waals surface area contributed by atoms with Crippen molar-refractivity contribution in [2.24, 2.45) is 0 Å². The first-order chi connectivity index (χ1) is 48.0. The van der Waals surface area contributed by atoms with Crippen LogP contribution in [0.5, 0.6) is 0 Å². The van der Waals surface area contributed by atoms with Crippen molar-refractivity contribution in [1.29, 1.82) is 0 Å². The second kappa shape index (κ2) is 43.8. The number of fused-ring (bicyclic) bond motifs is 2. The van der Waals surface area contributed by atoms with Crippen LogP contribution in [0.15, 0.2) is 70.0 Å². The summed E-state index contributed by atoms with van der Waals surface area (Å²) in [7, 11) is -20.6. The van der Waals surface area contributed by atoms with Crippen LogP contribution in [0.2, 0.25) is 0 Å². The molecular formula is C56H76N8O29P3S6+. The Kier molecular flexibility index (Phi) is 37.7. The summed E-state index contributed by atoms with van der Waals surface area (Å²) in [4.78, 5) is 104. The number of carboxylic acids is 1. The van der Waals surface area contributed by atoms with Crippen molar-refractivity contribution in [3.05, 3.63) is 93.3 Å². The van der Waals surface area contributed by atoms with Gasteiger partial charge in [-0.05, 0) is 105 Å². The minimum absolute atomic E-state index is 0.00726. The number of carboxylic acid groups (broad SMARTS) is 1. The largest absolute Gasteiger partial charge is 0.490 e. The molecule has 2 aromatic carbocycles. The lowest BCUT2D eigenvalue weighted by Crippen LogP contribution is -2.44. The summed E-state index contributed by atoms with van der Waals surface area (Å²) in [5.41, 5.74) is 13.8. The van der Waals surface area contributed by atoms with Crippen molar-refractivity contribution in [3.8, 4) is 34.3 Å². The third-order valence-corrected chi connectivity index (χ3v) is 22.2. The number of phosphoric acid groups is 3. The molecule has 37 nitrogen and oxygen atoms in total. The molecule has 564 valence electrons. The summed E-state index contributed by atoms with van der Waals surface area (Å²) < 4.78 is 139. The molecule has 0 saturated carbocycles. The molecule has 3 unspecified atom stereocenters. The number of unbranched alkanes of at least 4 members (excludes halogenated alkanes) is 2. The van der Waals surface area contributed by atoms with E-state index in [1.165, 1.54) is 24.4 Å². The highest BCUT2D eigenvalue weighted by Crippen LogP contribution is 2.66. The highest BCUT2D eigenvalue weighted by molar-refractivity contribution is 8.77. The van der Waals surface area contributed by atoms with E-state index in [-0.39, 0.29) is 91.5 Å². The van der Waals surface area contributed by atoms with E-state index in [0.717, 1.165) is 17.4 Å². The van der Waals surface area contributed by atoms with E-state index >= 15 is 0 Å². The minimum atomic E-state index is -5.79. The third kappa shape index (κ3) is 33.6. The SMILES string of the molecule is CCS(=S)CO[C@@H]1C[C@H](n2cc(C#CCNC(=O)NCCCCCOCSSC(C)(C)CCOC(=O)CCCOCCOCCNC(=O)c3ccc(C(=O)O)c(-c4c5ccc(=[NH2+])cc-5oc5cc(N)ccc45)c3)c(N)nc2=O)O[C@@H]1COP(=O)(O)OP(=O)(O)OP(=O)(O)O.O=S(=O)=O.O=S(=O)=O. The van der Waals surface area contributed by atoms with Gasteiger partial charge in [0.25, 0.3) is 5.91 Å². The highest BCUT2D eigenvalue weighted by atomic mass is 33.1. The fraction of sp³-hybridized carbons (Fsp3) is 0.482. The molecule has 46 heteroatoms. The summed E-state index contributed by atoms with van der Waals surface area (Å²) in [5.74, 6) is 4.85. The number of nitrogens with zero attached hydrogens (tertiary/aromatic N) is 2. The van der Waals surface area contributed by atoms with Crippen LogP contribution < -0.4 is 43.9 Å². The summed E-state index contributed by atoms with van der Waals surface area (Å²) in [6, 6.07) is 14.1. The lowest BCUT2D eigenvalue weighted by atomic mass is 9.89. The Hall–Kier alpha value is -6.43. The number of rotatable bonds is 39. The maximum Gasteiger partial charge on any atom is 0.490 e. The Morgan fingerprint density at radius 3 is 2.22 bits per heavy atom. The van der Waals surface area contributed by atoms with Crippen LogP contribution in [0.3, 0.4) is 0 Å². The van der Waals surface area contributed by atoms with Crippen molar-refractivity contribution in [2.75, 3.05) is 95.0 Å². The molecule has 6 rings (SSSR count). The van der Waals surface area contributed by atoms with Gasteiger partial charge in [0.2, 0.25) is 0 Å². The van der Waals surface area contributed by atoms with E-state index in [1.54, 1.807) is 58.0 Å². The predicted octanol–water partition coefficient (Wildman–Crippen LogP) is 2.48. The van der Waals surface area contributed by atoms with Gasteiger partial charge in [0.05, 0.1) is 68.8 Å². The van der Waals surface area contributed by atoms with Gasteiger partial charge in [-0.2, -0.15) is 13.6 Å². The number of anilines is 2. The topological polar surface area (TPSA) is 568 Å². The second-order valence-electron chi connectivity index (χ2n) is 21.5. The monoisotopic (exact) mass is 1610 g/mol. The minimum Gasteiger partial charge on any atom is -0.478 e. The molecule has 0 spiro atoms. The van der Waals surface area contributed by atoms with Gasteiger partial charge in [0, 0.05) is 90.0 Å². The highest BCUT2D eigenvalue weighted by Gasteiger charge is 2.44. The molecule has 1 aromatic heterocycles. The number of aromatic nitrogens is 2. The predicted molar refractivity (Wildman–Crippen MR) is 371 cm³/mol. The number of ether oxygens (including phenoxy) is 6. The zero-order valence-electron chi connectivity index (χ0n) is 54.6. The molecule has 1 saturated heterocycles. The van der Waals surface area contributed by atoms with Gasteiger partial charge >= 0.3 is 68.3 Å². The van der Waals surface area contributed by atoms with Crippen LogP contribution in [0.4, 0.5) is 16.3 Å². The van der Waals surface area contributed by atoms with Gasteiger partial charge in [-0.15, -0.1) is 25.3 Å². The lowest BCUT2D eigenvalue weighted by molar-refractivity contribution is -0.172. The van der Waals surface area contributed by atoms with Crippen LogP contribution in [-0.2, 0) is 102 Å². The Morgan fingerprint density at radius 2 is 1.53 bits per heavy atom. The first kappa shape index (κ1) is 88.0. The molecule has 3 amide bonds. The number of carbonyl (C=O) groups excluding carboxylic acids is 3. The number of hydrogen-bond acceptors (Lipinski definition) is 30. The fourth-order valence-electron chi connectivity index (χ4n) is 8.81. The third-order valence-electron chi connectivity index (χ3n) is 13.3. The number of nitrogen functional groups attached to an aromatic ring is 2. The van der Waals surface area contributed by atoms with E-state index in [0.29, 0.717) is 95.2 Å². The maximum atomic E-state index is 13.3. The molecule has 0 radical (unpaired) electrons. The molecule has 0 bridgehead atoms. The molecule has 3 heterocycles. The quantitative estimate of drug-likeness (QED) is 0.00393. The lowest BCUT2D eigenvalue weighted by Gasteiger charge is -2.22. The summed E-state index contributed by atoms with van der Waals surface area (Å²) >= 11 is 5.33. The standard InChI is InChI=1S/C56H75N8O23P3S4.2O3S/c1-4-94(91)35-82-46-31-48(85-47(46)33-83-89(74,75)87-90(76,77)86-88(71,72)73)64-32-37(51(59)63-55(64)70)10-8-20-62-54(69)61-19-6-5-7-22-80-34-92-93-56(2,3)18-24-81-49(65)11-9-23-78-26-27-79-25-21-60-52(66)36-12-15-40(53(67)68)43(28-36)50-41-16-13-38(57)29-44(41)84-45-30-39(58)14-17-42(45)50;2*1-4(2)3/h12-17,28-30,32,46-48,57H,4-7,9,11,18-27,31,33-35,58H2,1-3H3,(H,60,66)(H,67,68)(H,74,75)(H,76,77)(H2,59,63,70)(H2,61,62,69)(H2,71,72,73);;/p+1/t46-,47-,48-,94?;;/m1../s1. The van der Waals surface area contributed by atoms with Crippen LogP contribution >= 0.6 is 45.1 Å². The molecule has 1 aliphatic carbocycles. The van der Waals surface area contributed by atoms with Crippen molar-refractivity contribution in [1.82, 2.24) is 25.5 Å². The summed E-state index contributed by atoms with van der Waals surface area (Å²) in [5, 5.41) is 25.4. The number of aromatic carboxylic acids is 1. The second-order valence-corrected chi connectivity index (χ2v) is 32.8. The molecule has 1 fully saturated rings. The first-order valence-electron chi connectivity index (χ1n) is 30.0. The fourth-order valence-corrected chi connectivity index (χ4v) is 14.8. The number of amides is 3. The van der Waals surface area contributed by atoms with Crippen LogP contribution in [0.1, 0.15) is 98.2 Å². The normalized spacial score (nSPS) is 15.7. The maximum absolute atomic E-state index is 13.3. The van der Waals surface area contributed by atoms with Crippen molar-refractivity contribution >= 4 is 133 Å². The number of nitrogens with two attached hydrogens (primary N) is 3. The molecule has 3 aliphatic rings. The summed E-state index contributed by atoms with van der Waals surface area (Å²) in [6.07, 6.45) is 1.45. The average Bonchev–Trinajstić information content (AvgIpc) is 0.882.